The van der Waals surface area contributed by atoms with Gasteiger partial charge in [0.15, 0.2) is 0 Å². The monoisotopic (exact) mass is 309 g/mol. The average molecular weight is 309 g/mol. The summed E-state index contributed by atoms with van der Waals surface area (Å²) in [6.45, 7) is 3.71. The maximum atomic E-state index is 12.1. The normalized spacial score (nSPS) is 11.9. The fourth-order valence-corrected chi connectivity index (χ4v) is 1.78. The lowest BCUT2D eigenvalue weighted by molar-refractivity contribution is -0.165. The third-order valence-corrected chi connectivity index (χ3v) is 2.86. The number of benzene rings is 1. The summed E-state index contributed by atoms with van der Waals surface area (Å²) in [5.74, 6) is -1.45. The Morgan fingerprint density at radius 1 is 1.23 bits per heavy atom. The molecule has 2 rings (SSSR count). The van der Waals surface area contributed by atoms with E-state index in [9.17, 15) is 18.0 Å². The molecule has 0 atom stereocenters. The van der Waals surface area contributed by atoms with Crippen LogP contribution in [-0.4, -0.2) is 21.7 Å². The quantitative estimate of drug-likeness (QED) is 0.879. The van der Waals surface area contributed by atoms with Crippen LogP contribution < -0.4 is 5.32 Å². The SMILES string of the molecule is Cc1ccc(-n2nc(C)cc2NC=CC(=O)C(F)(F)F)cc1. The van der Waals surface area contributed by atoms with Crippen LogP contribution in [0.5, 0.6) is 0 Å². The smallest absolute Gasteiger partial charge is 0.346 e. The molecule has 0 aliphatic rings. The second-order valence-corrected chi connectivity index (χ2v) is 4.76. The predicted octanol–water partition coefficient (Wildman–Crippen LogP) is 3.55. The summed E-state index contributed by atoms with van der Waals surface area (Å²) in [4.78, 5) is 10.8. The number of alkyl halides is 3. The molecule has 116 valence electrons. The topological polar surface area (TPSA) is 46.9 Å². The van der Waals surface area contributed by atoms with Crippen LogP contribution in [0.4, 0.5) is 19.0 Å². The zero-order chi connectivity index (χ0) is 16.3. The van der Waals surface area contributed by atoms with E-state index in [4.69, 9.17) is 0 Å². The Hall–Kier alpha value is -2.57. The molecule has 4 nitrogen and oxygen atoms in total. The molecule has 0 bridgehead atoms. The largest absolute Gasteiger partial charge is 0.454 e. The van der Waals surface area contributed by atoms with Gasteiger partial charge in [0, 0.05) is 18.3 Å². The molecular formula is C15H14F3N3O. The van der Waals surface area contributed by atoms with Crippen LogP contribution in [0.25, 0.3) is 5.69 Å². The minimum absolute atomic E-state index is 0.446. The maximum absolute atomic E-state index is 12.1. The molecule has 0 spiro atoms. The van der Waals surface area contributed by atoms with E-state index in [0.717, 1.165) is 17.5 Å². The summed E-state index contributed by atoms with van der Waals surface area (Å²) < 4.78 is 37.9. The highest BCUT2D eigenvalue weighted by Crippen LogP contribution is 2.19. The Kier molecular flexibility index (Phi) is 4.35. The molecule has 0 aliphatic heterocycles. The lowest BCUT2D eigenvalue weighted by Gasteiger charge is -2.07. The summed E-state index contributed by atoms with van der Waals surface area (Å²) in [6, 6.07) is 9.16. The summed E-state index contributed by atoms with van der Waals surface area (Å²) in [5, 5.41) is 6.92. The first kappa shape index (κ1) is 15.8. The van der Waals surface area contributed by atoms with Crippen LogP contribution in [-0.2, 0) is 4.79 Å². The molecule has 1 heterocycles. The fraction of sp³-hybridized carbons (Fsp3) is 0.200. The zero-order valence-electron chi connectivity index (χ0n) is 12.0. The van der Waals surface area contributed by atoms with Crippen LogP contribution in [0, 0.1) is 13.8 Å². The number of hydrogen-bond donors (Lipinski definition) is 1. The van der Waals surface area contributed by atoms with E-state index in [1.54, 1.807) is 17.7 Å². The highest BCUT2D eigenvalue weighted by atomic mass is 19.4. The van der Waals surface area contributed by atoms with E-state index in [1.807, 2.05) is 31.2 Å². The Balaban J connectivity index is 2.21. The summed E-state index contributed by atoms with van der Waals surface area (Å²) >= 11 is 0. The number of rotatable bonds is 4. The van der Waals surface area contributed by atoms with Crippen molar-refractivity contribution < 1.29 is 18.0 Å². The number of halogens is 3. The lowest BCUT2D eigenvalue weighted by atomic mass is 10.2. The van der Waals surface area contributed by atoms with Crippen molar-refractivity contribution in [2.75, 3.05) is 5.32 Å². The molecular weight excluding hydrogens is 295 g/mol. The molecule has 7 heteroatoms. The van der Waals surface area contributed by atoms with E-state index >= 15 is 0 Å². The number of aromatic nitrogens is 2. The number of carbonyl (C=O) groups excluding carboxylic acids is 1. The maximum Gasteiger partial charge on any atom is 0.454 e. The van der Waals surface area contributed by atoms with Gasteiger partial charge in [-0.25, -0.2) is 4.68 Å². The number of nitrogens with one attached hydrogen (secondary N) is 1. The number of aryl methyl sites for hydroxylation is 2. The van der Waals surface area contributed by atoms with Crippen LogP contribution in [0.1, 0.15) is 11.3 Å². The van der Waals surface area contributed by atoms with Gasteiger partial charge in [0.2, 0.25) is 0 Å². The van der Waals surface area contributed by atoms with Crippen molar-refractivity contribution in [3.63, 3.8) is 0 Å². The molecule has 1 aromatic carbocycles. The average Bonchev–Trinajstić information content (AvgIpc) is 2.79. The standard InChI is InChI=1S/C15H14F3N3O/c1-10-3-5-12(6-4-10)21-14(9-11(2)20-21)19-8-7-13(22)15(16,17)18/h3-9,19H,1-2H3. The second kappa shape index (κ2) is 6.05. The van der Waals surface area contributed by atoms with Gasteiger partial charge in [-0.05, 0) is 26.0 Å². The van der Waals surface area contributed by atoms with Gasteiger partial charge in [-0.1, -0.05) is 17.7 Å². The molecule has 1 aromatic heterocycles. The number of anilines is 1. The third-order valence-electron chi connectivity index (χ3n) is 2.86. The van der Waals surface area contributed by atoms with Crippen LogP contribution in [0.3, 0.4) is 0 Å². The van der Waals surface area contributed by atoms with E-state index in [-0.39, 0.29) is 0 Å². The molecule has 0 radical (unpaired) electrons. The van der Waals surface area contributed by atoms with E-state index in [2.05, 4.69) is 10.4 Å². The van der Waals surface area contributed by atoms with Crippen molar-refractivity contribution in [2.24, 2.45) is 0 Å². The molecule has 0 amide bonds. The van der Waals surface area contributed by atoms with Crippen LogP contribution in [0.15, 0.2) is 42.6 Å². The van der Waals surface area contributed by atoms with Crippen molar-refractivity contribution in [3.8, 4) is 5.69 Å². The van der Waals surface area contributed by atoms with Gasteiger partial charge in [0.25, 0.3) is 5.78 Å². The van der Waals surface area contributed by atoms with Gasteiger partial charge < -0.3 is 5.32 Å². The van der Waals surface area contributed by atoms with Crippen molar-refractivity contribution >= 4 is 11.6 Å². The van der Waals surface area contributed by atoms with E-state index in [0.29, 0.717) is 17.6 Å². The Labute approximate surface area is 125 Å². The molecule has 0 saturated carbocycles. The van der Waals surface area contributed by atoms with E-state index in [1.165, 1.54) is 0 Å². The molecule has 1 N–H and O–H groups in total. The number of carbonyl (C=O) groups is 1. The number of ketones is 1. The lowest BCUT2D eigenvalue weighted by Crippen LogP contribution is -2.20. The molecule has 0 fully saturated rings. The highest BCUT2D eigenvalue weighted by Gasteiger charge is 2.36. The number of hydrogen-bond acceptors (Lipinski definition) is 3. The first-order valence-corrected chi connectivity index (χ1v) is 6.45. The minimum atomic E-state index is -4.87. The van der Waals surface area contributed by atoms with Gasteiger partial charge in [-0.2, -0.15) is 18.3 Å². The minimum Gasteiger partial charge on any atom is -0.346 e. The Morgan fingerprint density at radius 2 is 1.86 bits per heavy atom. The third kappa shape index (κ3) is 3.75. The van der Waals surface area contributed by atoms with Crippen molar-refractivity contribution in [1.29, 1.82) is 0 Å². The second-order valence-electron chi connectivity index (χ2n) is 4.76. The van der Waals surface area contributed by atoms with Gasteiger partial charge in [0.05, 0.1) is 11.4 Å². The zero-order valence-corrected chi connectivity index (χ0v) is 12.0. The Morgan fingerprint density at radius 3 is 2.45 bits per heavy atom. The van der Waals surface area contributed by atoms with Crippen LogP contribution >= 0.6 is 0 Å². The number of nitrogens with zero attached hydrogens (tertiary/aromatic N) is 2. The predicted molar refractivity (Wildman–Crippen MR) is 76.9 cm³/mol. The van der Waals surface area contributed by atoms with E-state index < -0.39 is 12.0 Å². The fourth-order valence-electron chi connectivity index (χ4n) is 1.78. The van der Waals surface area contributed by atoms with Crippen molar-refractivity contribution in [3.05, 3.63) is 53.9 Å². The molecule has 22 heavy (non-hydrogen) atoms. The summed E-state index contributed by atoms with van der Waals surface area (Å²) in [6.07, 6.45) is -3.47. The molecule has 2 aromatic rings. The van der Waals surface area contributed by atoms with Gasteiger partial charge in [-0.3, -0.25) is 4.79 Å². The number of allylic oxidation sites excluding steroid dienone is 1. The van der Waals surface area contributed by atoms with Crippen molar-refractivity contribution in [2.45, 2.75) is 20.0 Å². The summed E-state index contributed by atoms with van der Waals surface area (Å²) in [7, 11) is 0. The van der Waals surface area contributed by atoms with Gasteiger partial charge in [-0.15, -0.1) is 0 Å². The molecule has 0 aliphatic carbocycles. The van der Waals surface area contributed by atoms with Crippen LogP contribution in [0.2, 0.25) is 0 Å². The van der Waals surface area contributed by atoms with Gasteiger partial charge in [0.1, 0.15) is 5.82 Å². The Bertz CT molecular complexity index is 700. The van der Waals surface area contributed by atoms with Gasteiger partial charge >= 0.3 is 6.18 Å². The molecule has 0 saturated heterocycles. The molecule has 0 unspecified atom stereocenters. The first-order valence-electron chi connectivity index (χ1n) is 6.45. The highest BCUT2D eigenvalue weighted by molar-refractivity contribution is 5.94. The van der Waals surface area contributed by atoms with Crippen molar-refractivity contribution in [1.82, 2.24) is 9.78 Å². The summed E-state index contributed by atoms with van der Waals surface area (Å²) in [5.41, 5.74) is 2.54. The first-order chi connectivity index (χ1) is 10.3.